The number of imidazole rings is 1. The van der Waals surface area contributed by atoms with Crippen molar-refractivity contribution in [3.8, 4) is 5.82 Å². The highest BCUT2D eigenvalue weighted by Crippen LogP contribution is 2.10. The number of nitrogens with zero attached hydrogens (tertiary/aromatic N) is 5. The topological polar surface area (TPSA) is 111 Å². The molecule has 124 valence electrons. The second-order valence-electron chi connectivity index (χ2n) is 5.11. The van der Waals surface area contributed by atoms with Crippen molar-refractivity contribution in [2.75, 3.05) is 18.4 Å². The molecule has 0 aliphatic rings. The van der Waals surface area contributed by atoms with Crippen LogP contribution in [0.15, 0.2) is 35.4 Å². The largest absolute Gasteiger partial charge is 0.368 e. The van der Waals surface area contributed by atoms with E-state index in [4.69, 9.17) is 4.52 Å². The zero-order valence-corrected chi connectivity index (χ0v) is 13.4. The van der Waals surface area contributed by atoms with Crippen LogP contribution in [0, 0.1) is 13.8 Å². The van der Waals surface area contributed by atoms with Crippen LogP contribution in [0.5, 0.6) is 0 Å². The molecule has 0 saturated heterocycles. The summed E-state index contributed by atoms with van der Waals surface area (Å²) in [4.78, 5) is 24.4. The van der Waals surface area contributed by atoms with Crippen LogP contribution in [-0.2, 0) is 0 Å². The van der Waals surface area contributed by atoms with Crippen LogP contribution in [0.1, 0.15) is 22.1 Å². The van der Waals surface area contributed by atoms with Crippen molar-refractivity contribution in [2.24, 2.45) is 0 Å². The van der Waals surface area contributed by atoms with E-state index in [2.05, 4.69) is 30.7 Å². The van der Waals surface area contributed by atoms with Gasteiger partial charge < -0.3 is 15.2 Å². The van der Waals surface area contributed by atoms with E-state index in [1.165, 1.54) is 6.33 Å². The molecule has 0 aliphatic carbocycles. The van der Waals surface area contributed by atoms with Crippen molar-refractivity contribution >= 4 is 11.7 Å². The van der Waals surface area contributed by atoms with Crippen molar-refractivity contribution in [1.82, 2.24) is 30.0 Å². The molecule has 0 saturated carbocycles. The average Bonchev–Trinajstić information content (AvgIpc) is 3.20. The standard InChI is InChI=1S/C15H17N7O2/c1-10-7-12(21-24-10)15(23)18-4-3-17-13-8-14(20-9-19-13)22-6-5-16-11(22)2/h5-9H,3-4H2,1-2H3,(H,18,23)(H,17,19,20). The van der Waals surface area contributed by atoms with E-state index >= 15 is 0 Å². The van der Waals surface area contributed by atoms with Crippen LogP contribution in [0.4, 0.5) is 5.82 Å². The smallest absolute Gasteiger partial charge is 0.273 e. The normalized spacial score (nSPS) is 10.6. The molecule has 0 atom stereocenters. The van der Waals surface area contributed by atoms with Gasteiger partial charge in [-0.2, -0.15) is 0 Å². The fraction of sp³-hybridized carbons (Fsp3) is 0.267. The molecule has 0 aliphatic heterocycles. The highest BCUT2D eigenvalue weighted by Gasteiger charge is 2.09. The zero-order chi connectivity index (χ0) is 16.9. The monoisotopic (exact) mass is 327 g/mol. The van der Waals surface area contributed by atoms with Crippen molar-refractivity contribution in [2.45, 2.75) is 13.8 Å². The SMILES string of the molecule is Cc1cc(C(=O)NCCNc2cc(-n3ccnc3C)ncn2)no1. The van der Waals surface area contributed by atoms with Gasteiger partial charge in [-0.05, 0) is 13.8 Å². The lowest BCUT2D eigenvalue weighted by atomic mass is 10.3. The van der Waals surface area contributed by atoms with Crippen LogP contribution in [0.25, 0.3) is 5.82 Å². The summed E-state index contributed by atoms with van der Waals surface area (Å²) in [7, 11) is 0. The van der Waals surface area contributed by atoms with Gasteiger partial charge in [0.2, 0.25) is 0 Å². The third-order valence-corrected chi connectivity index (χ3v) is 3.30. The lowest BCUT2D eigenvalue weighted by Crippen LogP contribution is -2.29. The summed E-state index contributed by atoms with van der Waals surface area (Å²) in [5.41, 5.74) is 0.271. The van der Waals surface area contributed by atoms with Crippen molar-refractivity contribution < 1.29 is 9.32 Å². The predicted molar refractivity (Wildman–Crippen MR) is 86.0 cm³/mol. The molecule has 3 rings (SSSR count). The molecular weight excluding hydrogens is 310 g/mol. The third kappa shape index (κ3) is 3.57. The van der Waals surface area contributed by atoms with Crippen LogP contribution < -0.4 is 10.6 Å². The van der Waals surface area contributed by atoms with Crippen molar-refractivity contribution in [1.29, 1.82) is 0 Å². The Labute approximate surface area is 138 Å². The second kappa shape index (κ2) is 6.90. The molecule has 3 aromatic heterocycles. The molecule has 9 nitrogen and oxygen atoms in total. The van der Waals surface area contributed by atoms with Gasteiger partial charge in [0, 0.05) is 37.6 Å². The van der Waals surface area contributed by atoms with E-state index in [1.807, 2.05) is 23.8 Å². The van der Waals surface area contributed by atoms with Gasteiger partial charge in [0.05, 0.1) is 0 Å². The quantitative estimate of drug-likeness (QED) is 0.652. The van der Waals surface area contributed by atoms with Gasteiger partial charge in [0.15, 0.2) is 5.69 Å². The summed E-state index contributed by atoms with van der Waals surface area (Å²) in [6.07, 6.45) is 5.03. The highest BCUT2D eigenvalue weighted by molar-refractivity contribution is 5.92. The van der Waals surface area contributed by atoms with Gasteiger partial charge in [-0.1, -0.05) is 5.16 Å². The molecule has 3 aromatic rings. The Bertz CT molecular complexity index is 840. The Balaban J connectivity index is 1.52. The summed E-state index contributed by atoms with van der Waals surface area (Å²) >= 11 is 0. The van der Waals surface area contributed by atoms with E-state index in [9.17, 15) is 4.79 Å². The molecule has 0 radical (unpaired) electrons. The number of amides is 1. The van der Waals surface area contributed by atoms with Crippen LogP contribution in [-0.4, -0.2) is 43.7 Å². The van der Waals surface area contributed by atoms with Crippen LogP contribution in [0.2, 0.25) is 0 Å². The zero-order valence-electron chi connectivity index (χ0n) is 13.4. The van der Waals surface area contributed by atoms with Gasteiger partial charge in [-0.15, -0.1) is 0 Å². The van der Waals surface area contributed by atoms with E-state index in [-0.39, 0.29) is 11.6 Å². The molecule has 0 unspecified atom stereocenters. The number of hydrogen-bond donors (Lipinski definition) is 2. The maximum Gasteiger partial charge on any atom is 0.273 e. The Kier molecular flexibility index (Phi) is 4.50. The number of carbonyl (C=O) groups is 1. The van der Waals surface area contributed by atoms with Gasteiger partial charge in [-0.25, -0.2) is 15.0 Å². The van der Waals surface area contributed by atoms with E-state index in [1.54, 1.807) is 19.2 Å². The first kappa shape index (κ1) is 15.7. The first-order valence-corrected chi connectivity index (χ1v) is 7.41. The van der Waals surface area contributed by atoms with Crippen molar-refractivity contribution in [3.63, 3.8) is 0 Å². The van der Waals surface area contributed by atoms with Crippen LogP contribution >= 0.6 is 0 Å². The number of anilines is 1. The third-order valence-electron chi connectivity index (χ3n) is 3.30. The Hall–Kier alpha value is -3.23. The van der Waals surface area contributed by atoms with Gasteiger partial charge in [0.25, 0.3) is 5.91 Å². The summed E-state index contributed by atoms with van der Waals surface area (Å²) in [5, 5.41) is 9.55. The van der Waals surface area contributed by atoms with Crippen molar-refractivity contribution in [3.05, 3.63) is 48.1 Å². The summed E-state index contributed by atoms with van der Waals surface area (Å²) < 4.78 is 6.73. The lowest BCUT2D eigenvalue weighted by Gasteiger charge is -2.08. The molecule has 2 N–H and O–H groups in total. The Morgan fingerprint density at radius 1 is 1.21 bits per heavy atom. The molecule has 24 heavy (non-hydrogen) atoms. The minimum absolute atomic E-state index is 0.271. The van der Waals surface area contributed by atoms with E-state index < -0.39 is 0 Å². The van der Waals surface area contributed by atoms with Gasteiger partial charge in [-0.3, -0.25) is 9.36 Å². The lowest BCUT2D eigenvalue weighted by molar-refractivity contribution is 0.0946. The molecule has 0 aromatic carbocycles. The van der Waals surface area contributed by atoms with E-state index in [0.717, 1.165) is 11.6 Å². The molecular formula is C15H17N7O2. The summed E-state index contributed by atoms with van der Waals surface area (Å²) in [5.74, 6) is 2.56. The predicted octanol–water partition coefficient (Wildman–Crippen LogP) is 1.11. The minimum Gasteiger partial charge on any atom is -0.368 e. The molecule has 0 spiro atoms. The van der Waals surface area contributed by atoms with Gasteiger partial charge >= 0.3 is 0 Å². The molecule has 9 heteroatoms. The Morgan fingerprint density at radius 3 is 2.79 bits per heavy atom. The number of carbonyl (C=O) groups excluding carboxylic acids is 1. The van der Waals surface area contributed by atoms with Crippen LogP contribution in [0.3, 0.4) is 0 Å². The fourth-order valence-electron chi connectivity index (χ4n) is 2.13. The van der Waals surface area contributed by atoms with E-state index in [0.29, 0.717) is 24.7 Å². The number of aryl methyl sites for hydroxylation is 2. The second-order valence-corrected chi connectivity index (χ2v) is 5.11. The Morgan fingerprint density at radius 2 is 2.08 bits per heavy atom. The summed E-state index contributed by atoms with van der Waals surface area (Å²) in [6.45, 7) is 4.58. The minimum atomic E-state index is -0.272. The van der Waals surface area contributed by atoms with Gasteiger partial charge in [0.1, 0.15) is 29.5 Å². The number of hydrogen-bond acceptors (Lipinski definition) is 7. The number of aromatic nitrogens is 5. The first-order valence-electron chi connectivity index (χ1n) is 7.41. The molecule has 0 fully saturated rings. The number of rotatable bonds is 6. The highest BCUT2D eigenvalue weighted by atomic mass is 16.5. The average molecular weight is 327 g/mol. The maximum atomic E-state index is 11.8. The maximum absolute atomic E-state index is 11.8. The molecule has 0 bridgehead atoms. The summed E-state index contributed by atoms with van der Waals surface area (Å²) in [6, 6.07) is 3.41. The molecule has 1 amide bonds. The molecule has 3 heterocycles. The number of nitrogens with one attached hydrogen (secondary N) is 2. The fourth-order valence-corrected chi connectivity index (χ4v) is 2.13. The first-order chi connectivity index (χ1) is 11.6.